The van der Waals surface area contributed by atoms with Gasteiger partial charge in [0.15, 0.2) is 17.3 Å². The minimum atomic E-state index is -0.865. The average molecular weight is 605 g/mol. The molecular formula is C28H35ClF2N8O3. The summed E-state index contributed by atoms with van der Waals surface area (Å²) < 4.78 is 36.8. The maximum absolute atomic E-state index is 14.7. The molecular weight excluding hydrogens is 570 g/mol. The highest BCUT2D eigenvalue weighted by Crippen LogP contribution is 2.38. The van der Waals surface area contributed by atoms with Gasteiger partial charge in [0.25, 0.3) is 0 Å². The number of rotatable bonds is 6. The van der Waals surface area contributed by atoms with Crippen molar-refractivity contribution in [2.24, 2.45) is 11.7 Å². The van der Waals surface area contributed by atoms with Crippen molar-refractivity contribution in [3.63, 3.8) is 0 Å². The summed E-state index contributed by atoms with van der Waals surface area (Å²) >= 11 is 5.81. The highest BCUT2D eigenvalue weighted by atomic mass is 35.5. The van der Waals surface area contributed by atoms with Crippen molar-refractivity contribution in [2.45, 2.75) is 77.0 Å². The standard InChI is InChI=1S/C28H35ClF2N8O3/c1-28(2,3)42-27(41)38-10-4-5-17(14-38)34-25-33-13-21-24(37-25)39(18-8-6-15(7-9-18)23(32)40)26(35-21)36-22-19(30)11-16(29)12-20(22)31/h11-13,15,17-18H,4-10,14H2,1-3H3,(H2,32,40)(H,35,36)(H,33,34,37). The number of benzene rings is 1. The molecule has 42 heavy (non-hydrogen) atoms. The SMILES string of the molecule is CC(C)(C)OC(=O)N1CCCC(Nc2ncc3nc(Nc4c(F)cc(Cl)cc4F)n(C4CCC(C(N)=O)CC4)c3n2)C1. The Bertz CT molecular complexity index is 1460. The van der Waals surface area contributed by atoms with Crippen LogP contribution in [0.1, 0.15) is 65.3 Å². The number of ether oxygens (including phenoxy) is 1. The fraction of sp³-hybridized carbons (Fsp3) is 0.536. The summed E-state index contributed by atoms with van der Waals surface area (Å²) in [6.07, 6.45) is 5.10. The molecule has 1 aromatic carbocycles. The van der Waals surface area contributed by atoms with Gasteiger partial charge in [0.1, 0.15) is 16.8 Å². The van der Waals surface area contributed by atoms with E-state index in [1.54, 1.807) is 15.7 Å². The molecule has 1 saturated heterocycles. The third-order valence-corrected chi connectivity index (χ3v) is 7.77. The summed E-state index contributed by atoms with van der Waals surface area (Å²) in [6.45, 7) is 6.51. The van der Waals surface area contributed by atoms with Gasteiger partial charge in [-0.15, -0.1) is 0 Å². The second-order valence-corrected chi connectivity index (χ2v) is 12.3. The first-order valence-corrected chi connectivity index (χ1v) is 14.5. The van der Waals surface area contributed by atoms with Crippen LogP contribution in [0.5, 0.6) is 0 Å². The lowest BCUT2D eigenvalue weighted by Crippen LogP contribution is -2.47. The molecule has 5 rings (SSSR count). The number of aromatic nitrogens is 4. The molecule has 226 valence electrons. The number of imidazole rings is 1. The molecule has 2 fully saturated rings. The molecule has 0 spiro atoms. The molecule has 3 aromatic rings. The number of anilines is 3. The Labute approximate surface area is 247 Å². The van der Waals surface area contributed by atoms with Gasteiger partial charge in [0.05, 0.1) is 6.20 Å². The van der Waals surface area contributed by atoms with Crippen LogP contribution in [-0.2, 0) is 9.53 Å². The number of hydrogen-bond acceptors (Lipinski definition) is 8. The van der Waals surface area contributed by atoms with E-state index in [0.717, 1.165) is 25.0 Å². The molecule has 1 saturated carbocycles. The van der Waals surface area contributed by atoms with Crippen LogP contribution in [0.3, 0.4) is 0 Å². The van der Waals surface area contributed by atoms with E-state index >= 15 is 0 Å². The van der Waals surface area contributed by atoms with Gasteiger partial charge in [-0.2, -0.15) is 4.98 Å². The zero-order valence-electron chi connectivity index (χ0n) is 23.8. The van der Waals surface area contributed by atoms with E-state index in [1.165, 1.54) is 0 Å². The summed E-state index contributed by atoms with van der Waals surface area (Å²) in [5.41, 5.74) is 5.45. The molecule has 2 aliphatic rings. The van der Waals surface area contributed by atoms with Gasteiger partial charge in [-0.05, 0) is 71.4 Å². The molecule has 2 aromatic heterocycles. The van der Waals surface area contributed by atoms with Gasteiger partial charge < -0.3 is 26.0 Å². The predicted octanol–water partition coefficient (Wildman–Crippen LogP) is 5.53. The first kappa shape index (κ1) is 29.7. The fourth-order valence-corrected chi connectivity index (χ4v) is 5.75. The Hall–Kier alpha value is -3.74. The number of nitrogens with one attached hydrogen (secondary N) is 2. The molecule has 2 amide bonds. The maximum atomic E-state index is 14.7. The van der Waals surface area contributed by atoms with Crippen molar-refractivity contribution in [3.05, 3.63) is 35.0 Å². The molecule has 3 heterocycles. The van der Waals surface area contributed by atoms with Crippen molar-refractivity contribution in [1.29, 1.82) is 0 Å². The maximum Gasteiger partial charge on any atom is 0.410 e. The van der Waals surface area contributed by atoms with Gasteiger partial charge in [0, 0.05) is 36.1 Å². The van der Waals surface area contributed by atoms with Crippen molar-refractivity contribution in [1.82, 2.24) is 24.4 Å². The normalized spacial score (nSPS) is 21.3. The highest BCUT2D eigenvalue weighted by molar-refractivity contribution is 6.30. The van der Waals surface area contributed by atoms with E-state index in [2.05, 4.69) is 20.6 Å². The summed E-state index contributed by atoms with van der Waals surface area (Å²) in [5.74, 6) is -1.78. The number of hydrogen-bond donors (Lipinski definition) is 3. The zero-order chi connectivity index (χ0) is 30.2. The molecule has 1 aliphatic carbocycles. The van der Waals surface area contributed by atoms with E-state index in [-0.39, 0.29) is 41.0 Å². The van der Waals surface area contributed by atoms with Crippen LogP contribution < -0.4 is 16.4 Å². The highest BCUT2D eigenvalue weighted by Gasteiger charge is 2.31. The van der Waals surface area contributed by atoms with E-state index in [4.69, 9.17) is 27.1 Å². The number of halogens is 3. The Balaban J connectivity index is 1.44. The largest absolute Gasteiger partial charge is 0.444 e. The summed E-state index contributed by atoms with van der Waals surface area (Å²) in [7, 11) is 0. The molecule has 11 nitrogen and oxygen atoms in total. The molecule has 1 atom stereocenters. The van der Waals surface area contributed by atoms with Crippen LogP contribution in [0.25, 0.3) is 11.2 Å². The number of carbonyl (C=O) groups excluding carboxylic acids is 2. The van der Waals surface area contributed by atoms with Crippen molar-refractivity contribution in [3.8, 4) is 0 Å². The number of amides is 2. The Kier molecular flexibility index (Phi) is 8.40. The van der Waals surface area contributed by atoms with Crippen LogP contribution >= 0.6 is 11.6 Å². The minimum Gasteiger partial charge on any atom is -0.444 e. The monoisotopic (exact) mass is 604 g/mol. The Morgan fingerprint density at radius 2 is 1.79 bits per heavy atom. The number of likely N-dealkylation sites (tertiary alicyclic amines) is 1. The second-order valence-electron chi connectivity index (χ2n) is 11.9. The molecule has 14 heteroatoms. The van der Waals surface area contributed by atoms with E-state index in [1.807, 2.05) is 20.8 Å². The fourth-order valence-electron chi connectivity index (χ4n) is 5.56. The van der Waals surface area contributed by atoms with Gasteiger partial charge in [-0.1, -0.05) is 11.6 Å². The quantitative estimate of drug-likeness (QED) is 0.334. The van der Waals surface area contributed by atoms with Gasteiger partial charge in [0.2, 0.25) is 17.8 Å². The third-order valence-electron chi connectivity index (χ3n) is 7.55. The van der Waals surface area contributed by atoms with Crippen LogP contribution in [0.15, 0.2) is 18.3 Å². The lowest BCUT2D eigenvalue weighted by molar-refractivity contribution is -0.122. The van der Waals surface area contributed by atoms with E-state index in [9.17, 15) is 18.4 Å². The number of nitrogens with two attached hydrogens (primary N) is 1. The summed E-state index contributed by atoms with van der Waals surface area (Å²) in [6, 6.07) is 1.77. The molecule has 1 aliphatic heterocycles. The summed E-state index contributed by atoms with van der Waals surface area (Å²) in [5, 5.41) is 6.06. The average Bonchev–Trinajstić information content (AvgIpc) is 3.27. The van der Waals surface area contributed by atoms with Crippen LogP contribution in [-0.4, -0.2) is 61.2 Å². The summed E-state index contributed by atoms with van der Waals surface area (Å²) in [4.78, 5) is 39.8. The topological polar surface area (TPSA) is 140 Å². The molecule has 1 unspecified atom stereocenters. The third kappa shape index (κ3) is 6.66. The van der Waals surface area contributed by atoms with Crippen LogP contribution in [0.4, 0.5) is 31.2 Å². The minimum absolute atomic E-state index is 0.0663. The predicted molar refractivity (Wildman–Crippen MR) is 155 cm³/mol. The molecule has 4 N–H and O–H groups in total. The van der Waals surface area contributed by atoms with Gasteiger partial charge >= 0.3 is 6.09 Å². The number of primary amides is 1. The van der Waals surface area contributed by atoms with Crippen molar-refractivity contribution in [2.75, 3.05) is 23.7 Å². The van der Waals surface area contributed by atoms with Crippen molar-refractivity contribution < 1.29 is 23.1 Å². The number of nitrogens with zero attached hydrogens (tertiary/aromatic N) is 5. The van der Waals surface area contributed by atoms with Crippen LogP contribution in [0, 0.1) is 17.6 Å². The number of piperidine rings is 1. The first-order chi connectivity index (χ1) is 19.9. The molecule has 0 radical (unpaired) electrons. The molecule has 0 bridgehead atoms. The van der Waals surface area contributed by atoms with E-state index in [0.29, 0.717) is 55.9 Å². The van der Waals surface area contributed by atoms with Gasteiger partial charge in [-0.25, -0.2) is 23.5 Å². The second kappa shape index (κ2) is 11.9. The smallest absolute Gasteiger partial charge is 0.410 e. The lowest BCUT2D eigenvalue weighted by atomic mass is 9.85. The van der Waals surface area contributed by atoms with Crippen LogP contribution in [0.2, 0.25) is 5.02 Å². The van der Waals surface area contributed by atoms with Gasteiger partial charge in [-0.3, -0.25) is 9.36 Å². The number of carbonyl (C=O) groups is 2. The van der Waals surface area contributed by atoms with E-state index < -0.39 is 22.9 Å². The first-order valence-electron chi connectivity index (χ1n) is 14.1. The zero-order valence-corrected chi connectivity index (χ0v) is 24.5. The van der Waals surface area contributed by atoms with Crippen molar-refractivity contribution >= 4 is 52.3 Å². The lowest BCUT2D eigenvalue weighted by Gasteiger charge is -2.34. The number of fused-ring (bicyclic) bond motifs is 1. The Morgan fingerprint density at radius 3 is 2.43 bits per heavy atom. The Morgan fingerprint density at radius 1 is 1.10 bits per heavy atom.